The van der Waals surface area contributed by atoms with Crippen LogP contribution in [-0.4, -0.2) is 43.6 Å². The van der Waals surface area contributed by atoms with E-state index in [9.17, 15) is 4.79 Å². The van der Waals surface area contributed by atoms with Crippen molar-refractivity contribution in [1.29, 1.82) is 0 Å². The molecule has 1 amide bonds. The number of nitrogens with zero attached hydrogens (tertiary/aromatic N) is 1. The first-order valence-corrected chi connectivity index (χ1v) is 10.1. The van der Waals surface area contributed by atoms with Gasteiger partial charge in [-0.25, -0.2) is 0 Å². The van der Waals surface area contributed by atoms with Crippen LogP contribution in [0.4, 0.5) is 5.69 Å². The standard InChI is InChI=1S/C23H29N5O2.HI/c1-16-7-8-21-18(15-27-22(21)13-16)9-10-25-23(24-3)26-11-12-30-20-6-4-5-19(14-20)28-17(2)29;/h4-8,13-15,27H,9-12H2,1-3H3,(H,28,29)(H2,24,25,26);1H. The molecule has 0 aliphatic rings. The number of fused-ring (bicyclic) bond motifs is 1. The van der Waals surface area contributed by atoms with E-state index in [1.54, 1.807) is 13.1 Å². The summed E-state index contributed by atoms with van der Waals surface area (Å²) in [6.07, 6.45) is 2.97. The number of guanidine groups is 1. The third-order valence-corrected chi connectivity index (χ3v) is 4.65. The number of anilines is 1. The normalized spacial score (nSPS) is 11.0. The number of carbonyl (C=O) groups excluding carboxylic acids is 1. The van der Waals surface area contributed by atoms with Crippen molar-refractivity contribution in [3.8, 4) is 5.75 Å². The number of benzene rings is 2. The third-order valence-electron chi connectivity index (χ3n) is 4.65. The smallest absolute Gasteiger partial charge is 0.221 e. The summed E-state index contributed by atoms with van der Waals surface area (Å²) in [6.45, 7) is 5.44. The SMILES string of the molecule is CN=C(NCCOc1cccc(NC(C)=O)c1)NCCc1c[nH]c2cc(C)ccc12.I. The summed E-state index contributed by atoms with van der Waals surface area (Å²) in [5.41, 5.74) is 4.43. The molecule has 0 atom stereocenters. The molecule has 166 valence electrons. The van der Waals surface area contributed by atoms with Crippen LogP contribution in [0.5, 0.6) is 5.75 Å². The van der Waals surface area contributed by atoms with Gasteiger partial charge in [0.05, 0.1) is 6.54 Å². The van der Waals surface area contributed by atoms with Gasteiger partial charge in [-0.15, -0.1) is 24.0 Å². The van der Waals surface area contributed by atoms with Gasteiger partial charge in [0.25, 0.3) is 0 Å². The molecule has 0 aliphatic heterocycles. The largest absolute Gasteiger partial charge is 0.492 e. The maximum atomic E-state index is 11.1. The number of hydrogen-bond donors (Lipinski definition) is 4. The van der Waals surface area contributed by atoms with Crippen LogP contribution in [0.2, 0.25) is 0 Å². The lowest BCUT2D eigenvalue weighted by atomic mass is 10.1. The molecule has 4 N–H and O–H groups in total. The first kappa shape index (κ1) is 24.5. The van der Waals surface area contributed by atoms with Crippen molar-refractivity contribution in [2.75, 3.05) is 32.1 Å². The quantitative estimate of drug-likeness (QED) is 0.153. The molecule has 0 unspecified atom stereocenters. The molecule has 0 aliphatic carbocycles. The van der Waals surface area contributed by atoms with Gasteiger partial charge in [-0.3, -0.25) is 9.79 Å². The Bertz CT molecular complexity index is 1030. The molecule has 2 aromatic carbocycles. The van der Waals surface area contributed by atoms with E-state index >= 15 is 0 Å². The molecule has 0 spiro atoms. The van der Waals surface area contributed by atoms with Crippen molar-refractivity contribution < 1.29 is 9.53 Å². The van der Waals surface area contributed by atoms with Crippen LogP contribution in [0.25, 0.3) is 10.9 Å². The van der Waals surface area contributed by atoms with E-state index in [-0.39, 0.29) is 29.9 Å². The molecule has 1 heterocycles. The highest BCUT2D eigenvalue weighted by Crippen LogP contribution is 2.19. The van der Waals surface area contributed by atoms with Crippen molar-refractivity contribution in [1.82, 2.24) is 15.6 Å². The average Bonchev–Trinajstić information content (AvgIpc) is 3.11. The lowest BCUT2D eigenvalue weighted by Gasteiger charge is -2.13. The Morgan fingerprint density at radius 1 is 1.13 bits per heavy atom. The first-order chi connectivity index (χ1) is 14.5. The monoisotopic (exact) mass is 535 g/mol. The summed E-state index contributed by atoms with van der Waals surface area (Å²) < 4.78 is 5.74. The minimum absolute atomic E-state index is 0. The van der Waals surface area contributed by atoms with E-state index in [1.807, 2.05) is 18.2 Å². The number of carbonyl (C=O) groups is 1. The van der Waals surface area contributed by atoms with Gasteiger partial charge in [0.15, 0.2) is 5.96 Å². The van der Waals surface area contributed by atoms with Gasteiger partial charge >= 0.3 is 0 Å². The van der Waals surface area contributed by atoms with Crippen LogP contribution >= 0.6 is 24.0 Å². The highest BCUT2D eigenvalue weighted by molar-refractivity contribution is 14.0. The molecule has 31 heavy (non-hydrogen) atoms. The van der Waals surface area contributed by atoms with Crippen LogP contribution in [0.1, 0.15) is 18.1 Å². The van der Waals surface area contributed by atoms with E-state index in [0.717, 1.165) is 24.6 Å². The van der Waals surface area contributed by atoms with E-state index in [1.165, 1.54) is 29.0 Å². The third kappa shape index (κ3) is 7.46. The van der Waals surface area contributed by atoms with E-state index in [4.69, 9.17) is 4.74 Å². The highest BCUT2D eigenvalue weighted by Gasteiger charge is 2.05. The Hall–Kier alpha value is -2.75. The molecular weight excluding hydrogens is 505 g/mol. The number of ether oxygens (including phenoxy) is 1. The van der Waals surface area contributed by atoms with Gasteiger partial charge in [-0.1, -0.05) is 18.2 Å². The zero-order valence-corrected chi connectivity index (χ0v) is 20.4. The van der Waals surface area contributed by atoms with E-state index < -0.39 is 0 Å². The number of aromatic amines is 1. The number of aliphatic imine (C=N–C) groups is 1. The van der Waals surface area contributed by atoms with Crippen LogP contribution < -0.4 is 20.7 Å². The Kier molecular flexibility index (Phi) is 9.64. The molecule has 0 saturated heterocycles. The molecule has 1 aromatic heterocycles. The first-order valence-electron chi connectivity index (χ1n) is 10.1. The van der Waals surface area contributed by atoms with Crippen LogP contribution in [0, 0.1) is 6.92 Å². The predicted molar refractivity (Wildman–Crippen MR) is 138 cm³/mol. The number of nitrogens with one attached hydrogen (secondary N) is 4. The Labute approximate surface area is 200 Å². The maximum absolute atomic E-state index is 11.1. The number of rotatable bonds is 8. The number of H-pyrrole nitrogens is 1. The summed E-state index contributed by atoms with van der Waals surface area (Å²) in [4.78, 5) is 18.7. The Morgan fingerprint density at radius 3 is 2.71 bits per heavy atom. The molecule has 0 radical (unpaired) electrons. The number of amides is 1. The summed E-state index contributed by atoms with van der Waals surface area (Å²) in [7, 11) is 1.75. The summed E-state index contributed by atoms with van der Waals surface area (Å²) in [5.74, 6) is 1.34. The predicted octanol–water partition coefficient (Wildman–Crippen LogP) is 3.84. The van der Waals surface area contributed by atoms with E-state index in [2.05, 4.69) is 57.2 Å². The second-order valence-electron chi connectivity index (χ2n) is 7.10. The number of aromatic nitrogens is 1. The van der Waals surface area contributed by atoms with Crippen LogP contribution in [-0.2, 0) is 11.2 Å². The Balaban J connectivity index is 0.00000341. The molecule has 3 rings (SSSR count). The summed E-state index contributed by atoms with van der Waals surface area (Å²) >= 11 is 0. The fourth-order valence-corrected chi connectivity index (χ4v) is 3.25. The summed E-state index contributed by atoms with van der Waals surface area (Å²) in [6, 6.07) is 13.8. The molecule has 0 fully saturated rings. The molecule has 0 saturated carbocycles. The Morgan fingerprint density at radius 2 is 1.94 bits per heavy atom. The minimum atomic E-state index is -0.105. The van der Waals surface area contributed by atoms with E-state index in [0.29, 0.717) is 18.9 Å². The van der Waals surface area contributed by atoms with Crippen molar-refractivity contribution >= 4 is 52.4 Å². The minimum Gasteiger partial charge on any atom is -0.492 e. The lowest BCUT2D eigenvalue weighted by Crippen LogP contribution is -2.40. The van der Waals surface area contributed by atoms with Gasteiger partial charge < -0.3 is 25.7 Å². The van der Waals surface area contributed by atoms with Crippen LogP contribution in [0.3, 0.4) is 0 Å². The van der Waals surface area contributed by atoms with Crippen molar-refractivity contribution in [3.05, 3.63) is 59.8 Å². The van der Waals surface area contributed by atoms with Gasteiger partial charge in [0.2, 0.25) is 5.91 Å². The van der Waals surface area contributed by atoms with Crippen molar-refractivity contribution in [2.45, 2.75) is 20.3 Å². The fourth-order valence-electron chi connectivity index (χ4n) is 3.25. The number of halogens is 1. The topological polar surface area (TPSA) is 90.5 Å². The molecule has 0 bridgehead atoms. The maximum Gasteiger partial charge on any atom is 0.221 e. The number of hydrogen-bond acceptors (Lipinski definition) is 3. The van der Waals surface area contributed by atoms with Gasteiger partial charge in [0.1, 0.15) is 12.4 Å². The molecular formula is C23H30IN5O2. The van der Waals surface area contributed by atoms with Crippen LogP contribution in [0.15, 0.2) is 53.7 Å². The lowest BCUT2D eigenvalue weighted by molar-refractivity contribution is -0.114. The second-order valence-corrected chi connectivity index (χ2v) is 7.10. The highest BCUT2D eigenvalue weighted by atomic mass is 127. The van der Waals surface area contributed by atoms with Gasteiger partial charge in [-0.2, -0.15) is 0 Å². The summed E-state index contributed by atoms with van der Waals surface area (Å²) in [5, 5.41) is 10.6. The molecule has 3 aromatic rings. The molecule has 8 heteroatoms. The zero-order chi connectivity index (χ0) is 21.3. The van der Waals surface area contributed by atoms with Gasteiger partial charge in [0, 0.05) is 49.4 Å². The second kappa shape index (κ2) is 12.2. The van der Waals surface area contributed by atoms with Crippen molar-refractivity contribution in [3.63, 3.8) is 0 Å². The zero-order valence-electron chi connectivity index (χ0n) is 18.1. The van der Waals surface area contributed by atoms with Crippen molar-refractivity contribution in [2.24, 2.45) is 4.99 Å². The number of aryl methyl sites for hydroxylation is 1. The van der Waals surface area contributed by atoms with Gasteiger partial charge in [-0.05, 0) is 42.7 Å². The fraction of sp³-hybridized carbons (Fsp3) is 0.304. The average molecular weight is 535 g/mol. The molecule has 7 nitrogen and oxygen atoms in total.